The topological polar surface area (TPSA) is 75.7 Å². The van der Waals surface area contributed by atoms with Gasteiger partial charge in [0, 0.05) is 5.02 Å². The molecule has 3 rings (SSSR count). The molecule has 0 saturated carbocycles. The van der Waals surface area contributed by atoms with Crippen LogP contribution in [0.2, 0.25) is 5.02 Å². The molecule has 1 N–H and O–H groups in total. The summed E-state index contributed by atoms with van der Waals surface area (Å²) in [6.07, 6.45) is 0. The molecule has 6 nitrogen and oxygen atoms in total. The van der Waals surface area contributed by atoms with Crippen LogP contribution in [0.4, 0.5) is 5.69 Å². The maximum atomic E-state index is 13.4. The number of carbonyl (C=O) groups excluding carboxylic acids is 1. The molecule has 0 atom stereocenters. The molecular formula is C25H27ClN2O4S. The highest BCUT2D eigenvalue weighted by molar-refractivity contribution is 7.92. The van der Waals surface area contributed by atoms with Crippen molar-refractivity contribution in [2.45, 2.75) is 25.7 Å². The first kappa shape index (κ1) is 24.6. The summed E-state index contributed by atoms with van der Waals surface area (Å²) in [5.74, 6) is 0.311. The number of hydrogen-bond acceptors (Lipinski definition) is 4. The van der Waals surface area contributed by atoms with Gasteiger partial charge in [-0.25, -0.2) is 8.42 Å². The summed E-state index contributed by atoms with van der Waals surface area (Å²) in [6, 6.07) is 18.8. The summed E-state index contributed by atoms with van der Waals surface area (Å²) < 4.78 is 33.6. The zero-order chi connectivity index (χ0) is 24.0. The molecule has 8 heteroatoms. The van der Waals surface area contributed by atoms with Crippen molar-refractivity contribution in [3.63, 3.8) is 0 Å². The van der Waals surface area contributed by atoms with E-state index in [0.29, 0.717) is 16.3 Å². The quantitative estimate of drug-likeness (QED) is 0.446. The minimum Gasteiger partial charge on any atom is -0.491 e. The molecule has 3 aromatic carbocycles. The van der Waals surface area contributed by atoms with Crippen molar-refractivity contribution in [2.24, 2.45) is 0 Å². The fraction of sp³-hybridized carbons (Fsp3) is 0.240. The largest absolute Gasteiger partial charge is 0.491 e. The molecule has 0 bridgehead atoms. The molecular weight excluding hydrogens is 460 g/mol. The van der Waals surface area contributed by atoms with Gasteiger partial charge in [0.1, 0.15) is 18.9 Å². The van der Waals surface area contributed by atoms with E-state index in [9.17, 15) is 13.2 Å². The summed E-state index contributed by atoms with van der Waals surface area (Å²) in [6.45, 7) is 5.86. The molecule has 0 aliphatic rings. The molecule has 0 heterocycles. The minimum absolute atomic E-state index is 0.0930. The molecule has 0 aliphatic heterocycles. The minimum atomic E-state index is -3.99. The molecule has 0 unspecified atom stereocenters. The van der Waals surface area contributed by atoms with E-state index in [1.165, 1.54) is 12.1 Å². The Morgan fingerprint density at radius 1 is 0.970 bits per heavy atom. The summed E-state index contributed by atoms with van der Waals surface area (Å²) in [5.41, 5.74) is 3.20. The Labute approximate surface area is 200 Å². The summed E-state index contributed by atoms with van der Waals surface area (Å²) >= 11 is 6.14. The highest BCUT2D eigenvalue weighted by atomic mass is 35.5. The summed E-state index contributed by atoms with van der Waals surface area (Å²) in [4.78, 5) is 12.8. The van der Waals surface area contributed by atoms with E-state index in [1.54, 1.807) is 43.3 Å². The van der Waals surface area contributed by atoms with Gasteiger partial charge in [-0.05, 0) is 67.8 Å². The predicted molar refractivity (Wildman–Crippen MR) is 132 cm³/mol. The first-order valence-electron chi connectivity index (χ1n) is 10.5. The number of amides is 1. The number of halogens is 1. The van der Waals surface area contributed by atoms with Gasteiger partial charge >= 0.3 is 0 Å². The number of carbonyl (C=O) groups is 1. The number of nitrogens with zero attached hydrogens (tertiary/aromatic N) is 1. The molecule has 0 saturated heterocycles. The second-order valence-electron chi connectivity index (χ2n) is 7.65. The summed E-state index contributed by atoms with van der Waals surface area (Å²) in [7, 11) is -3.99. The van der Waals surface area contributed by atoms with E-state index >= 15 is 0 Å². The second kappa shape index (κ2) is 10.7. The van der Waals surface area contributed by atoms with E-state index in [2.05, 4.69) is 5.32 Å². The lowest BCUT2D eigenvalue weighted by Gasteiger charge is -2.26. The Morgan fingerprint density at radius 3 is 2.42 bits per heavy atom. The fourth-order valence-corrected chi connectivity index (χ4v) is 4.95. The Kier molecular flexibility index (Phi) is 8.00. The Hall–Kier alpha value is -3.03. The van der Waals surface area contributed by atoms with Crippen LogP contribution in [0.1, 0.15) is 16.7 Å². The van der Waals surface area contributed by atoms with E-state index in [1.807, 2.05) is 32.0 Å². The third-order valence-electron chi connectivity index (χ3n) is 5.30. The molecule has 0 fully saturated rings. The number of nitrogens with one attached hydrogen (secondary N) is 1. The van der Waals surface area contributed by atoms with Crippen LogP contribution in [0.3, 0.4) is 0 Å². The normalized spacial score (nSPS) is 11.2. The first-order valence-corrected chi connectivity index (χ1v) is 12.3. The number of hydrogen-bond donors (Lipinski definition) is 1. The molecule has 0 aromatic heterocycles. The van der Waals surface area contributed by atoms with Gasteiger partial charge in [0.15, 0.2) is 0 Å². The van der Waals surface area contributed by atoms with Gasteiger partial charge in [-0.15, -0.1) is 0 Å². The van der Waals surface area contributed by atoms with Crippen LogP contribution in [0.25, 0.3) is 0 Å². The van der Waals surface area contributed by atoms with Crippen molar-refractivity contribution in [3.05, 3.63) is 88.4 Å². The lowest BCUT2D eigenvalue weighted by Crippen LogP contribution is -2.42. The average Bonchev–Trinajstić information content (AvgIpc) is 2.80. The third kappa shape index (κ3) is 6.06. The van der Waals surface area contributed by atoms with Gasteiger partial charge < -0.3 is 10.1 Å². The highest BCUT2D eigenvalue weighted by Gasteiger charge is 2.28. The lowest BCUT2D eigenvalue weighted by molar-refractivity contribution is -0.119. The molecule has 3 aromatic rings. The van der Waals surface area contributed by atoms with Crippen molar-refractivity contribution in [2.75, 3.05) is 24.0 Å². The van der Waals surface area contributed by atoms with E-state index in [4.69, 9.17) is 16.3 Å². The number of sulfonamides is 1. The zero-order valence-corrected chi connectivity index (χ0v) is 20.4. The SMILES string of the molecule is Cc1ccc(Cl)cc1N(CC(=O)NCCOc1cccc(C)c1C)S(=O)(=O)c1ccccc1. The van der Waals surface area contributed by atoms with Crippen molar-refractivity contribution in [1.29, 1.82) is 0 Å². The van der Waals surface area contributed by atoms with Crippen molar-refractivity contribution in [3.8, 4) is 5.75 Å². The van der Waals surface area contributed by atoms with Gasteiger partial charge in [0.25, 0.3) is 10.0 Å². The number of aryl methyl sites for hydroxylation is 2. The molecule has 33 heavy (non-hydrogen) atoms. The van der Waals surface area contributed by atoms with E-state index in [-0.39, 0.29) is 24.6 Å². The smallest absolute Gasteiger partial charge is 0.264 e. The number of rotatable bonds is 9. The van der Waals surface area contributed by atoms with E-state index < -0.39 is 15.9 Å². The van der Waals surface area contributed by atoms with Crippen LogP contribution in [-0.4, -0.2) is 34.0 Å². The standard InChI is InChI=1S/C25H27ClN2O4S/c1-18-8-7-11-24(20(18)3)32-15-14-27-25(29)17-28(23-16-21(26)13-12-19(23)2)33(30,31)22-9-5-4-6-10-22/h4-13,16H,14-15,17H2,1-3H3,(H,27,29). The number of anilines is 1. The monoisotopic (exact) mass is 486 g/mol. The Bertz CT molecular complexity index is 1230. The molecule has 0 spiro atoms. The van der Waals surface area contributed by atoms with E-state index in [0.717, 1.165) is 21.2 Å². The van der Waals surface area contributed by atoms with Crippen LogP contribution in [0.15, 0.2) is 71.6 Å². The van der Waals surface area contributed by atoms with Crippen molar-refractivity contribution < 1.29 is 17.9 Å². The van der Waals surface area contributed by atoms with Gasteiger partial charge in [-0.2, -0.15) is 0 Å². The third-order valence-corrected chi connectivity index (χ3v) is 7.30. The Morgan fingerprint density at radius 2 is 1.70 bits per heavy atom. The molecule has 174 valence electrons. The van der Waals surface area contributed by atoms with Gasteiger partial charge in [0.05, 0.1) is 17.1 Å². The van der Waals surface area contributed by atoms with Crippen LogP contribution >= 0.6 is 11.6 Å². The van der Waals surface area contributed by atoms with Gasteiger partial charge in [0.2, 0.25) is 5.91 Å². The number of ether oxygens (including phenoxy) is 1. The predicted octanol–water partition coefficient (Wildman–Crippen LogP) is 4.66. The average molecular weight is 487 g/mol. The highest BCUT2D eigenvalue weighted by Crippen LogP contribution is 2.29. The maximum Gasteiger partial charge on any atom is 0.264 e. The van der Waals surface area contributed by atoms with Gasteiger partial charge in [-0.1, -0.05) is 48.0 Å². The summed E-state index contributed by atoms with van der Waals surface area (Å²) in [5, 5.41) is 3.12. The number of benzene rings is 3. The molecule has 0 aliphatic carbocycles. The molecule has 0 radical (unpaired) electrons. The first-order chi connectivity index (χ1) is 15.7. The second-order valence-corrected chi connectivity index (χ2v) is 9.95. The van der Waals surface area contributed by atoms with Gasteiger partial charge in [-0.3, -0.25) is 9.10 Å². The van der Waals surface area contributed by atoms with Crippen LogP contribution < -0.4 is 14.4 Å². The Balaban J connectivity index is 1.74. The van der Waals surface area contributed by atoms with Crippen molar-refractivity contribution in [1.82, 2.24) is 5.32 Å². The van der Waals surface area contributed by atoms with Crippen LogP contribution in [0.5, 0.6) is 5.75 Å². The van der Waals surface area contributed by atoms with Crippen molar-refractivity contribution >= 4 is 33.2 Å². The van der Waals surface area contributed by atoms with Crippen LogP contribution in [-0.2, 0) is 14.8 Å². The fourth-order valence-electron chi connectivity index (χ4n) is 3.29. The van der Waals surface area contributed by atoms with Crippen LogP contribution in [0, 0.1) is 20.8 Å². The zero-order valence-electron chi connectivity index (χ0n) is 18.8. The lowest BCUT2D eigenvalue weighted by atomic mass is 10.1. The molecule has 1 amide bonds. The maximum absolute atomic E-state index is 13.4.